The van der Waals surface area contributed by atoms with E-state index in [1.165, 1.54) is 11.0 Å². The van der Waals surface area contributed by atoms with Crippen LogP contribution in [0.25, 0.3) is 0 Å². The number of amides is 2. The second-order valence-electron chi connectivity index (χ2n) is 8.23. The highest BCUT2D eigenvalue weighted by molar-refractivity contribution is 6.31. The Balaban J connectivity index is 1.96. The van der Waals surface area contributed by atoms with Crippen molar-refractivity contribution in [3.8, 4) is 0 Å². The van der Waals surface area contributed by atoms with Gasteiger partial charge in [0.2, 0.25) is 11.8 Å². The van der Waals surface area contributed by atoms with Gasteiger partial charge in [0.05, 0.1) is 6.42 Å². The second-order valence-corrected chi connectivity index (χ2v) is 8.64. The summed E-state index contributed by atoms with van der Waals surface area (Å²) in [5, 5.41) is 3.44. The summed E-state index contributed by atoms with van der Waals surface area (Å²) in [4.78, 5) is 28.4. The van der Waals surface area contributed by atoms with Crippen LogP contribution >= 0.6 is 11.6 Å². The highest BCUT2D eigenvalue weighted by atomic mass is 35.5. The van der Waals surface area contributed by atoms with Crippen LogP contribution in [-0.4, -0.2) is 29.3 Å². The van der Waals surface area contributed by atoms with Crippen LogP contribution in [0.3, 0.4) is 0 Å². The number of hydrogen-bond donors (Lipinski definition) is 1. The molecule has 0 aliphatic rings. The predicted molar refractivity (Wildman–Crippen MR) is 134 cm³/mol. The molecule has 0 saturated heterocycles. The van der Waals surface area contributed by atoms with Crippen LogP contribution in [0.5, 0.6) is 0 Å². The zero-order valence-corrected chi connectivity index (χ0v) is 20.1. The van der Waals surface area contributed by atoms with Crippen molar-refractivity contribution in [1.82, 2.24) is 10.2 Å². The van der Waals surface area contributed by atoms with E-state index in [9.17, 15) is 14.0 Å². The van der Waals surface area contributed by atoms with Gasteiger partial charge in [0.15, 0.2) is 0 Å². The van der Waals surface area contributed by atoms with Crippen LogP contribution < -0.4 is 5.32 Å². The molecule has 6 heteroatoms. The summed E-state index contributed by atoms with van der Waals surface area (Å²) in [5.41, 5.74) is 1.94. The Morgan fingerprint density at radius 1 is 0.941 bits per heavy atom. The third-order valence-electron chi connectivity index (χ3n) is 5.70. The lowest BCUT2D eigenvalue weighted by molar-refractivity contribution is -0.140. The largest absolute Gasteiger partial charge is 0.354 e. The molecule has 0 saturated carbocycles. The highest BCUT2D eigenvalue weighted by Crippen LogP contribution is 2.21. The molecule has 0 aromatic heterocycles. The second kappa shape index (κ2) is 12.9. The molecule has 0 aliphatic carbocycles. The van der Waals surface area contributed by atoms with Gasteiger partial charge in [-0.15, -0.1) is 0 Å². The van der Waals surface area contributed by atoms with Crippen LogP contribution in [0.2, 0.25) is 5.02 Å². The number of carbonyl (C=O) groups is 2. The number of nitrogens with one attached hydrogen (secondary N) is 1. The fraction of sp³-hybridized carbons (Fsp3) is 0.286. The maximum absolute atomic E-state index is 14.6. The fourth-order valence-corrected chi connectivity index (χ4v) is 3.98. The number of rotatable bonds is 11. The number of halogens is 2. The summed E-state index contributed by atoms with van der Waals surface area (Å²) < 4.78 is 14.6. The summed E-state index contributed by atoms with van der Waals surface area (Å²) >= 11 is 6.30. The zero-order chi connectivity index (χ0) is 24.3. The molecule has 3 aromatic carbocycles. The minimum Gasteiger partial charge on any atom is -0.354 e. The molecule has 178 valence electrons. The minimum atomic E-state index is -0.797. The van der Waals surface area contributed by atoms with Gasteiger partial charge in [0.25, 0.3) is 0 Å². The predicted octanol–water partition coefficient (Wildman–Crippen LogP) is 5.58. The summed E-state index contributed by atoms with van der Waals surface area (Å²) in [6.07, 6.45) is 2.11. The lowest BCUT2D eigenvalue weighted by Gasteiger charge is -2.32. The van der Waals surface area contributed by atoms with Crippen LogP contribution in [0.15, 0.2) is 78.9 Å². The molecule has 0 bridgehead atoms. The summed E-state index contributed by atoms with van der Waals surface area (Å²) in [6, 6.07) is 22.2. The number of hydrogen-bond acceptors (Lipinski definition) is 2. The van der Waals surface area contributed by atoms with E-state index in [-0.39, 0.29) is 24.8 Å². The smallest absolute Gasteiger partial charge is 0.243 e. The Morgan fingerprint density at radius 2 is 1.59 bits per heavy atom. The zero-order valence-electron chi connectivity index (χ0n) is 19.3. The lowest BCUT2D eigenvalue weighted by Crippen LogP contribution is -2.51. The van der Waals surface area contributed by atoms with Crippen LogP contribution in [-0.2, 0) is 29.0 Å². The van der Waals surface area contributed by atoms with E-state index in [0.717, 1.165) is 18.4 Å². The molecule has 3 aromatic rings. The maximum atomic E-state index is 14.6. The van der Waals surface area contributed by atoms with Crippen molar-refractivity contribution in [2.75, 3.05) is 6.54 Å². The summed E-state index contributed by atoms with van der Waals surface area (Å²) in [5.74, 6) is -0.952. The molecule has 0 radical (unpaired) electrons. The van der Waals surface area contributed by atoms with E-state index in [0.29, 0.717) is 29.1 Å². The number of unbranched alkanes of at least 4 members (excludes halogenated alkanes) is 1. The third kappa shape index (κ3) is 7.16. The quantitative estimate of drug-likeness (QED) is 0.364. The van der Waals surface area contributed by atoms with Crippen LogP contribution in [0.1, 0.15) is 36.5 Å². The summed E-state index contributed by atoms with van der Waals surface area (Å²) in [6.45, 7) is 2.55. The molecule has 0 spiro atoms. The van der Waals surface area contributed by atoms with Gasteiger partial charge in [-0.2, -0.15) is 0 Å². The fourth-order valence-electron chi connectivity index (χ4n) is 3.78. The van der Waals surface area contributed by atoms with Crippen LogP contribution in [0.4, 0.5) is 4.39 Å². The molecule has 34 heavy (non-hydrogen) atoms. The first kappa shape index (κ1) is 25.4. The molecule has 2 amide bonds. The molecular weight excluding hydrogens is 451 g/mol. The Hall–Kier alpha value is -3.18. The van der Waals surface area contributed by atoms with Gasteiger partial charge in [0.1, 0.15) is 11.9 Å². The monoisotopic (exact) mass is 480 g/mol. The number of carbonyl (C=O) groups excluding carboxylic acids is 2. The highest BCUT2D eigenvalue weighted by Gasteiger charge is 2.31. The molecule has 0 aliphatic heterocycles. The van der Waals surface area contributed by atoms with Crippen LogP contribution in [0, 0.1) is 5.82 Å². The van der Waals surface area contributed by atoms with Gasteiger partial charge in [-0.25, -0.2) is 4.39 Å². The van der Waals surface area contributed by atoms with Crippen molar-refractivity contribution in [3.63, 3.8) is 0 Å². The topological polar surface area (TPSA) is 49.4 Å². The van der Waals surface area contributed by atoms with Crippen molar-refractivity contribution in [3.05, 3.63) is 106 Å². The molecular formula is C28H30ClFN2O2. The number of nitrogens with zero attached hydrogens (tertiary/aromatic N) is 1. The molecule has 4 nitrogen and oxygen atoms in total. The first-order chi connectivity index (χ1) is 16.5. The van der Waals surface area contributed by atoms with E-state index in [4.69, 9.17) is 11.6 Å². The van der Waals surface area contributed by atoms with Gasteiger partial charge >= 0.3 is 0 Å². The van der Waals surface area contributed by atoms with E-state index in [1.807, 2.05) is 43.3 Å². The van der Waals surface area contributed by atoms with E-state index in [2.05, 4.69) is 5.32 Å². The van der Waals surface area contributed by atoms with Crippen molar-refractivity contribution < 1.29 is 14.0 Å². The molecule has 3 rings (SSSR count). The first-order valence-electron chi connectivity index (χ1n) is 11.6. The minimum absolute atomic E-state index is 0.0155. The normalized spacial score (nSPS) is 11.6. The van der Waals surface area contributed by atoms with Gasteiger partial charge in [-0.1, -0.05) is 91.7 Å². The van der Waals surface area contributed by atoms with Gasteiger partial charge in [-0.05, 0) is 29.7 Å². The number of benzene rings is 3. The van der Waals surface area contributed by atoms with E-state index >= 15 is 0 Å². The Labute approximate surface area is 205 Å². The standard InChI is InChI=1S/C28H30ClFN2O2/c1-2-3-17-31-28(34)26(18-21-11-5-4-6-12-21)32(20-23-14-8-10-16-25(23)30)27(33)19-22-13-7-9-15-24(22)29/h4-16,26H,2-3,17-20H2,1H3,(H,31,34)/t26-/m0/s1. The lowest BCUT2D eigenvalue weighted by atomic mass is 10.0. The van der Waals surface area contributed by atoms with Crippen molar-refractivity contribution in [1.29, 1.82) is 0 Å². The van der Waals surface area contributed by atoms with Crippen molar-refractivity contribution in [2.24, 2.45) is 0 Å². The summed E-state index contributed by atoms with van der Waals surface area (Å²) in [7, 11) is 0. The van der Waals surface area contributed by atoms with Gasteiger partial charge in [-0.3, -0.25) is 9.59 Å². The molecule has 1 atom stereocenters. The van der Waals surface area contributed by atoms with E-state index < -0.39 is 11.9 Å². The molecule has 0 heterocycles. The molecule has 0 unspecified atom stereocenters. The Morgan fingerprint density at radius 3 is 2.26 bits per heavy atom. The third-order valence-corrected chi connectivity index (χ3v) is 6.07. The average Bonchev–Trinajstić information content (AvgIpc) is 2.84. The van der Waals surface area contributed by atoms with E-state index in [1.54, 1.807) is 36.4 Å². The molecule has 1 N–H and O–H groups in total. The Bertz CT molecular complexity index is 1090. The van der Waals surface area contributed by atoms with Gasteiger partial charge < -0.3 is 10.2 Å². The SMILES string of the molecule is CCCCNC(=O)[C@H](Cc1ccccc1)N(Cc1ccccc1F)C(=O)Cc1ccccc1Cl. The van der Waals surface area contributed by atoms with Crippen molar-refractivity contribution >= 4 is 23.4 Å². The average molecular weight is 481 g/mol. The maximum Gasteiger partial charge on any atom is 0.243 e. The Kier molecular flexibility index (Phi) is 9.65. The first-order valence-corrected chi connectivity index (χ1v) is 11.9. The van der Waals surface area contributed by atoms with Gasteiger partial charge in [0, 0.05) is 30.1 Å². The molecule has 0 fully saturated rings. The van der Waals surface area contributed by atoms with Crippen molar-refractivity contribution in [2.45, 2.75) is 45.2 Å².